The number of hydrogen-bond acceptors (Lipinski definition) is 7. The lowest BCUT2D eigenvalue weighted by Gasteiger charge is -2.30. The topological polar surface area (TPSA) is 74.3 Å². The molecule has 1 rings (SSSR count). The van der Waals surface area contributed by atoms with Gasteiger partial charge in [-0.15, -0.1) is 0 Å². The number of carbonyl (C=O) groups is 2. The lowest BCUT2D eigenvalue weighted by Crippen LogP contribution is -2.37. The summed E-state index contributed by atoms with van der Waals surface area (Å²) in [5, 5.41) is 0. The summed E-state index contributed by atoms with van der Waals surface area (Å²) >= 11 is 0. The third kappa shape index (κ3) is 29.7. The van der Waals surface area contributed by atoms with Gasteiger partial charge in [0.1, 0.15) is 0 Å². The number of hydrogen-bond donors (Lipinski definition) is 0. The van der Waals surface area contributed by atoms with Gasteiger partial charge in [0.15, 0.2) is 5.79 Å². The zero-order chi connectivity index (χ0) is 41.8. The highest BCUT2D eigenvalue weighted by Gasteiger charge is 2.40. The molecule has 0 bridgehead atoms. The van der Waals surface area contributed by atoms with Crippen LogP contribution in [0.3, 0.4) is 0 Å². The summed E-state index contributed by atoms with van der Waals surface area (Å²) in [6, 6.07) is 0.492. The van der Waals surface area contributed by atoms with E-state index in [0.29, 0.717) is 44.6 Å². The highest BCUT2D eigenvalue weighted by Crippen LogP contribution is 2.35. The van der Waals surface area contributed by atoms with Gasteiger partial charge in [0.25, 0.3) is 0 Å². The van der Waals surface area contributed by atoms with E-state index in [1.54, 1.807) is 0 Å². The summed E-state index contributed by atoms with van der Waals surface area (Å²) < 4.78 is 24.3. The lowest BCUT2D eigenvalue weighted by molar-refractivity contribution is -0.180. The Hall–Kier alpha value is -2.10. The van der Waals surface area contributed by atoms with E-state index in [-0.39, 0.29) is 24.0 Å². The Morgan fingerprint density at radius 1 is 0.719 bits per heavy atom. The molecule has 0 saturated carbocycles. The van der Waals surface area contributed by atoms with Crippen LogP contribution < -0.4 is 0 Å². The minimum Gasteiger partial charge on any atom is -0.466 e. The standard InChI is InChI=1S/C50H89NO6/c1-8-11-26-33-45(6)40-48(52)54-38-31-24-20-16-14-18-22-29-36-50(56-43-47(57-50)42-51(7)44(4)5)37-30-23-19-15-17-21-25-32-39-55-49(53)41-46(34-27-12-9-2)35-28-13-10-3/h34,44-47H,2,8,10-11,13-26,28-33,35-43H2,1,3-7H3. The van der Waals surface area contributed by atoms with Crippen molar-refractivity contribution in [3.63, 3.8) is 0 Å². The van der Waals surface area contributed by atoms with E-state index in [0.717, 1.165) is 83.6 Å². The molecule has 0 N–H and O–H groups in total. The maximum Gasteiger partial charge on any atom is 0.306 e. The van der Waals surface area contributed by atoms with Crippen molar-refractivity contribution in [1.82, 2.24) is 4.90 Å². The third-order valence-corrected chi connectivity index (χ3v) is 11.6. The Balaban J connectivity index is 2.24. The zero-order valence-corrected chi connectivity index (χ0v) is 38.1. The number of ether oxygens (including phenoxy) is 4. The van der Waals surface area contributed by atoms with Gasteiger partial charge in [-0.05, 0) is 83.2 Å². The molecule has 7 heteroatoms. The Morgan fingerprint density at radius 2 is 1.21 bits per heavy atom. The van der Waals surface area contributed by atoms with Crippen LogP contribution in [0.15, 0.2) is 29.8 Å². The Bertz CT molecular complexity index is 1120. The van der Waals surface area contributed by atoms with Crippen molar-refractivity contribution in [3.8, 4) is 0 Å². The molecule has 330 valence electrons. The Labute approximate surface area is 351 Å². The van der Waals surface area contributed by atoms with Crippen LogP contribution in [-0.4, -0.2) is 68.2 Å². The number of nitrogens with zero attached hydrogens (tertiary/aromatic N) is 1. The third-order valence-electron chi connectivity index (χ3n) is 11.6. The van der Waals surface area contributed by atoms with Gasteiger partial charge in [0.05, 0.1) is 32.3 Å². The van der Waals surface area contributed by atoms with Crippen LogP contribution in [0.25, 0.3) is 0 Å². The molecule has 0 aromatic rings. The maximum atomic E-state index is 12.4. The molecule has 4 unspecified atom stereocenters. The molecule has 0 aromatic heterocycles. The minimum absolute atomic E-state index is 0.0203. The monoisotopic (exact) mass is 800 g/mol. The number of carbonyl (C=O) groups excluding carboxylic acids is 2. The second kappa shape index (κ2) is 35.8. The van der Waals surface area contributed by atoms with Crippen molar-refractivity contribution in [2.45, 2.75) is 232 Å². The van der Waals surface area contributed by atoms with Crippen LogP contribution in [0.5, 0.6) is 0 Å². The average molecular weight is 800 g/mol. The number of esters is 2. The largest absolute Gasteiger partial charge is 0.466 e. The smallest absolute Gasteiger partial charge is 0.306 e. The van der Waals surface area contributed by atoms with Crippen LogP contribution >= 0.6 is 0 Å². The first-order valence-electron chi connectivity index (χ1n) is 23.8. The maximum absolute atomic E-state index is 12.4. The quantitative estimate of drug-likeness (QED) is 0.0350. The molecule has 0 amide bonds. The molecular formula is C50H89NO6. The van der Waals surface area contributed by atoms with Crippen LogP contribution in [-0.2, 0) is 28.5 Å². The van der Waals surface area contributed by atoms with E-state index in [4.69, 9.17) is 18.9 Å². The van der Waals surface area contributed by atoms with E-state index >= 15 is 0 Å². The lowest BCUT2D eigenvalue weighted by atomic mass is 9.98. The van der Waals surface area contributed by atoms with Crippen LogP contribution in [0, 0.1) is 11.8 Å². The van der Waals surface area contributed by atoms with Crippen molar-refractivity contribution < 1.29 is 28.5 Å². The summed E-state index contributed by atoms with van der Waals surface area (Å²) in [5.41, 5.74) is 8.28. The second-order valence-electron chi connectivity index (χ2n) is 17.5. The first kappa shape index (κ1) is 52.9. The fourth-order valence-electron chi connectivity index (χ4n) is 7.68. The second-order valence-corrected chi connectivity index (χ2v) is 17.5. The van der Waals surface area contributed by atoms with Gasteiger partial charge in [0.2, 0.25) is 0 Å². The van der Waals surface area contributed by atoms with Crippen molar-refractivity contribution in [1.29, 1.82) is 0 Å². The predicted octanol–water partition coefficient (Wildman–Crippen LogP) is 13.4. The number of rotatable bonds is 38. The Kier molecular flexibility index (Phi) is 33.2. The van der Waals surface area contributed by atoms with Gasteiger partial charge in [-0.1, -0.05) is 154 Å². The van der Waals surface area contributed by atoms with Gasteiger partial charge in [-0.3, -0.25) is 9.59 Å². The first-order chi connectivity index (χ1) is 27.6. The first-order valence-corrected chi connectivity index (χ1v) is 23.8. The number of unbranched alkanes of at least 4 members (excludes halogenated alkanes) is 18. The summed E-state index contributed by atoms with van der Waals surface area (Å²) in [6.45, 7) is 17.3. The average Bonchev–Trinajstić information content (AvgIpc) is 3.58. The van der Waals surface area contributed by atoms with E-state index < -0.39 is 5.79 Å². The minimum atomic E-state index is -0.421. The van der Waals surface area contributed by atoms with Gasteiger partial charge in [-0.2, -0.15) is 0 Å². The van der Waals surface area contributed by atoms with Gasteiger partial charge in [-0.25, -0.2) is 0 Å². The normalized spacial score (nSPS) is 17.6. The van der Waals surface area contributed by atoms with Crippen LogP contribution in [0.4, 0.5) is 0 Å². The molecule has 57 heavy (non-hydrogen) atoms. The molecule has 4 atom stereocenters. The van der Waals surface area contributed by atoms with Crippen molar-refractivity contribution in [2.75, 3.05) is 33.4 Å². The van der Waals surface area contributed by atoms with Gasteiger partial charge in [0, 0.05) is 31.8 Å². The highest BCUT2D eigenvalue weighted by atomic mass is 16.7. The summed E-state index contributed by atoms with van der Waals surface area (Å²) in [7, 11) is 2.18. The van der Waals surface area contributed by atoms with E-state index in [1.807, 2.05) is 6.08 Å². The van der Waals surface area contributed by atoms with E-state index in [1.165, 1.54) is 89.9 Å². The molecule has 0 spiro atoms. The SMILES string of the molecule is C=C=C=C=CC(CCCCC)CC(=O)OCCCCCCCCCCC1(CCCCCCCCCCOC(=O)CC(C)CCCCC)OCC(CN(C)C(C)C)O1. The fourth-order valence-corrected chi connectivity index (χ4v) is 7.68. The zero-order valence-electron chi connectivity index (χ0n) is 38.1. The predicted molar refractivity (Wildman–Crippen MR) is 237 cm³/mol. The molecule has 1 aliphatic heterocycles. The number of likely N-dealkylation sites (N-methyl/N-ethyl adjacent to an activating group) is 1. The summed E-state index contributed by atoms with van der Waals surface area (Å²) in [4.78, 5) is 26.9. The van der Waals surface area contributed by atoms with E-state index in [2.05, 4.69) is 70.3 Å². The molecular weight excluding hydrogens is 711 g/mol. The summed E-state index contributed by atoms with van der Waals surface area (Å²) in [6.07, 6.45) is 33.0. The van der Waals surface area contributed by atoms with Crippen LogP contribution in [0.1, 0.15) is 214 Å². The van der Waals surface area contributed by atoms with Crippen molar-refractivity contribution in [3.05, 3.63) is 29.8 Å². The molecule has 0 aliphatic carbocycles. The van der Waals surface area contributed by atoms with Crippen LogP contribution in [0.2, 0.25) is 0 Å². The molecule has 0 aromatic carbocycles. The van der Waals surface area contributed by atoms with Gasteiger partial charge < -0.3 is 23.8 Å². The number of allylic oxidation sites excluding steroid dienone is 1. The molecule has 1 heterocycles. The molecule has 0 radical (unpaired) electrons. The fraction of sp³-hybridized carbons (Fsp3) is 0.860. The highest BCUT2D eigenvalue weighted by molar-refractivity contribution is 5.70. The van der Waals surface area contributed by atoms with Crippen molar-refractivity contribution in [2.24, 2.45) is 11.8 Å². The summed E-state index contributed by atoms with van der Waals surface area (Å²) in [5.74, 6) is 0.0194. The van der Waals surface area contributed by atoms with E-state index in [9.17, 15) is 9.59 Å². The van der Waals surface area contributed by atoms with Crippen molar-refractivity contribution >= 4 is 11.9 Å². The molecule has 1 aliphatic rings. The molecule has 1 saturated heterocycles. The Morgan fingerprint density at radius 3 is 1.72 bits per heavy atom. The molecule has 7 nitrogen and oxygen atoms in total. The molecule has 1 fully saturated rings. The van der Waals surface area contributed by atoms with Gasteiger partial charge >= 0.3 is 11.9 Å².